The highest BCUT2D eigenvalue weighted by Crippen LogP contribution is 2.23. The van der Waals surface area contributed by atoms with Gasteiger partial charge in [0.1, 0.15) is 0 Å². The molecule has 3 rings (SSSR count). The fourth-order valence-corrected chi connectivity index (χ4v) is 4.93. The maximum atomic E-state index is 2.71. The molecule has 3 nitrogen and oxygen atoms in total. The molecule has 0 aromatic heterocycles. The number of nitrogens with zero attached hydrogens (tertiary/aromatic N) is 3. The molecule has 1 aromatic carbocycles. The maximum Gasteiger partial charge on any atom is 0.0115 e. The topological polar surface area (TPSA) is 9.72 Å². The highest BCUT2D eigenvalue weighted by atomic mass is 32.2. The SMILES string of the molecule is C[C@@H]1CC[C@H](C)N1CCN1CCN(CCSc2ccccc2)CC1. The summed E-state index contributed by atoms with van der Waals surface area (Å²) >= 11 is 1.98. The van der Waals surface area contributed by atoms with E-state index in [1.807, 2.05) is 11.8 Å². The summed E-state index contributed by atoms with van der Waals surface area (Å²) in [5, 5.41) is 0. The first-order valence-electron chi connectivity index (χ1n) is 9.60. The normalized spacial score (nSPS) is 26.9. The Bertz CT molecular complexity index is 463. The van der Waals surface area contributed by atoms with Gasteiger partial charge in [-0.2, -0.15) is 0 Å². The molecule has 0 unspecified atom stereocenters. The van der Waals surface area contributed by atoms with Gasteiger partial charge in [0, 0.05) is 68.5 Å². The Balaban J connectivity index is 1.30. The quantitative estimate of drug-likeness (QED) is 0.700. The lowest BCUT2D eigenvalue weighted by Crippen LogP contribution is -2.49. The molecule has 0 saturated carbocycles. The predicted octanol–water partition coefficient (Wildman–Crippen LogP) is 3.27. The zero-order valence-corrected chi connectivity index (χ0v) is 16.2. The Hall–Kier alpha value is -0.550. The summed E-state index contributed by atoms with van der Waals surface area (Å²) in [5.74, 6) is 1.20. The molecule has 2 heterocycles. The molecule has 4 heteroatoms. The van der Waals surface area contributed by atoms with Crippen molar-refractivity contribution in [2.45, 2.75) is 43.7 Å². The smallest absolute Gasteiger partial charge is 0.0115 e. The molecule has 0 aliphatic carbocycles. The molecule has 0 amide bonds. The fourth-order valence-electron chi connectivity index (χ4n) is 3.99. The minimum Gasteiger partial charge on any atom is -0.300 e. The molecule has 24 heavy (non-hydrogen) atoms. The molecule has 0 radical (unpaired) electrons. The van der Waals surface area contributed by atoms with Crippen LogP contribution in [-0.2, 0) is 0 Å². The van der Waals surface area contributed by atoms with Gasteiger partial charge in [0.2, 0.25) is 0 Å². The van der Waals surface area contributed by atoms with Gasteiger partial charge >= 0.3 is 0 Å². The third kappa shape index (κ3) is 5.22. The van der Waals surface area contributed by atoms with Crippen LogP contribution in [0.5, 0.6) is 0 Å². The summed E-state index contributed by atoms with van der Waals surface area (Å²) < 4.78 is 0. The number of thioether (sulfide) groups is 1. The third-order valence-corrected chi connectivity index (χ3v) is 6.69. The fraction of sp³-hybridized carbons (Fsp3) is 0.700. The van der Waals surface area contributed by atoms with Crippen LogP contribution in [0.25, 0.3) is 0 Å². The van der Waals surface area contributed by atoms with Crippen molar-refractivity contribution >= 4 is 11.8 Å². The standard InChI is InChI=1S/C20H33N3S/c1-18-8-9-19(2)23(18)15-14-21-10-12-22(13-11-21)16-17-24-20-6-4-3-5-7-20/h3-7,18-19H,8-17H2,1-2H3/t18-,19+. The average Bonchev–Trinajstić information content (AvgIpc) is 2.93. The van der Waals surface area contributed by atoms with E-state index in [0.717, 1.165) is 12.1 Å². The van der Waals surface area contributed by atoms with E-state index in [4.69, 9.17) is 0 Å². The van der Waals surface area contributed by atoms with Crippen LogP contribution in [0.1, 0.15) is 26.7 Å². The van der Waals surface area contributed by atoms with Gasteiger partial charge in [-0.05, 0) is 38.8 Å². The molecule has 1 aromatic rings. The minimum atomic E-state index is 0.788. The number of piperazine rings is 1. The summed E-state index contributed by atoms with van der Waals surface area (Å²) in [4.78, 5) is 9.40. The van der Waals surface area contributed by atoms with Gasteiger partial charge in [-0.25, -0.2) is 0 Å². The first kappa shape index (κ1) is 18.2. The number of hydrogen-bond acceptors (Lipinski definition) is 4. The zero-order chi connectivity index (χ0) is 16.8. The van der Waals surface area contributed by atoms with Gasteiger partial charge < -0.3 is 0 Å². The van der Waals surface area contributed by atoms with Crippen molar-refractivity contribution < 1.29 is 0 Å². The number of likely N-dealkylation sites (tertiary alicyclic amines) is 1. The average molecular weight is 348 g/mol. The molecule has 0 bridgehead atoms. The van der Waals surface area contributed by atoms with E-state index in [1.54, 1.807) is 0 Å². The minimum absolute atomic E-state index is 0.788. The number of hydrogen-bond donors (Lipinski definition) is 0. The summed E-state index contributed by atoms with van der Waals surface area (Å²) in [6.45, 7) is 13.5. The van der Waals surface area contributed by atoms with Crippen LogP contribution in [-0.4, -0.2) is 78.3 Å². The van der Waals surface area contributed by atoms with Gasteiger partial charge in [-0.15, -0.1) is 11.8 Å². The van der Waals surface area contributed by atoms with Crippen LogP contribution in [0.2, 0.25) is 0 Å². The summed E-state index contributed by atoms with van der Waals surface area (Å²) in [6, 6.07) is 12.3. The lowest BCUT2D eigenvalue weighted by molar-refractivity contribution is 0.113. The molecule has 0 spiro atoms. The Morgan fingerprint density at radius 3 is 2.04 bits per heavy atom. The van der Waals surface area contributed by atoms with E-state index in [2.05, 4.69) is 58.9 Å². The summed E-state index contributed by atoms with van der Waals surface area (Å²) in [6.07, 6.45) is 2.77. The molecule has 134 valence electrons. The van der Waals surface area contributed by atoms with Crippen LogP contribution < -0.4 is 0 Å². The lowest BCUT2D eigenvalue weighted by atomic mass is 10.2. The second-order valence-corrected chi connectivity index (χ2v) is 8.53. The second-order valence-electron chi connectivity index (χ2n) is 7.36. The van der Waals surface area contributed by atoms with E-state index in [-0.39, 0.29) is 0 Å². The van der Waals surface area contributed by atoms with Crippen molar-refractivity contribution in [3.63, 3.8) is 0 Å². The van der Waals surface area contributed by atoms with Gasteiger partial charge in [0.15, 0.2) is 0 Å². The van der Waals surface area contributed by atoms with E-state index in [1.165, 1.54) is 69.3 Å². The van der Waals surface area contributed by atoms with Crippen molar-refractivity contribution in [2.24, 2.45) is 0 Å². The first-order valence-corrected chi connectivity index (χ1v) is 10.6. The van der Waals surface area contributed by atoms with Crippen molar-refractivity contribution in [1.82, 2.24) is 14.7 Å². The largest absolute Gasteiger partial charge is 0.300 e. The summed E-state index contributed by atoms with van der Waals surface area (Å²) in [5.41, 5.74) is 0. The molecular weight excluding hydrogens is 314 g/mol. The third-order valence-electron chi connectivity index (χ3n) is 5.69. The highest BCUT2D eigenvalue weighted by Gasteiger charge is 2.27. The maximum absolute atomic E-state index is 2.71. The molecule has 2 saturated heterocycles. The Labute approximate surface area is 152 Å². The number of benzene rings is 1. The molecule has 2 fully saturated rings. The van der Waals surface area contributed by atoms with Crippen LogP contribution in [0.15, 0.2) is 35.2 Å². The molecular formula is C20H33N3S. The molecule has 2 atom stereocenters. The van der Waals surface area contributed by atoms with Gasteiger partial charge in [0.05, 0.1) is 0 Å². The van der Waals surface area contributed by atoms with E-state index in [0.29, 0.717) is 0 Å². The Kier molecular flexibility index (Phi) is 7.02. The number of rotatable bonds is 7. The van der Waals surface area contributed by atoms with E-state index < -0.39 is 0 Å². The Morgan fingerprint density at radius 2 is 1.42 bits per heavy atom. The van der Waals surface area contributed by atoms with E-state index in [9.17, 15) is 0 Å². The Morgan fingerprint density at radius 1 is 0.833 bits per heavy atom. The summed E-state index contributed by atoms with van der Waals surface area (Å²) in [7, 11) is 0. The van der Waals surface area contributed by atoms with Crippen molar-refractivity contribution in [2.75, 3.05) is 51.6 Å². The highest BCUT2D eigenvalue weighted by molar-refractivity contribution is 7.99. The zero-order valence-electron chi connectivity index (χ0n) is 15.4. The van der Waals surface area contributed by atoms with Gasteiger partial charge in [-0.1, -0.05) is 18.2 Å². The predicted molar refractivity (Wildman–Crippen MR) is 105 cm³/mol. The van der Waals surface area contributed by atoms with Crippen molar-refractivity contribution in [3.8, 4) is 0 Å². The first-order chi connectivity index (χ1) is 11.7. The van der Waals surface area contributed by atoms with E-state index >= 15 is 0 Å². The monoisotopic (exact) mass is 347 g/mol. The van der Waals surface area contributed by atoms with Crippen molar-refractivity contribution in [3.05, 3.63) is 30.3 Å². The van der Waals surface area contributed by atoms with Crippen LogP contribution >= 0.6 is 11.8 Å². The van der Waals surface area contributed by atoms with Crippen LogP contribution in [0, 0.1) is 0 Å². The molecule has 2 aliphatic heterocycles. The van der Waals surface area contributed by atoms with Crippen LogP contribution in [0.3, 0.4) is 0 Å². The second kappa shape index (κ2) is 9.23. The van der Waals surface area contributed by atoms with Crippen molar-refractivity contribution in [1.29, 1.82) is 0 Å². The van der Waals surface area contributed by atoms with Gasteiger partial charge in [-0.3, -0.25) is 14.7 Å². The van der Waals surface area contributed by atoms with Gasteiger partial charge in [0.25, 0.3) is 0 Å². The molecule has 2 aliphatic rings. The molecule has 0 N–H and O–H groups in total. The lowest BCUT2D eigenvalue weighted by Gasteiger charge is -2.36. The van der Waals surface area contributed by atoms with Crippen LogP contribution in [0.4, 0.5) is 0 Å².